The molecule has 2 N–H and O–H groups in total. The lowest BCUT2D eigenvalue weighted by Gasteiger charge is -2.06. The number of rotatable bonds is 1. The molecule has 1 heterocycles. The Bertz CT molecular complexity index is 590. The first kappa shape index (κ1) is 10.4. The Morgan fingerprint density at radius 1 is 1.25 bits per heavy atom. The van der Waals surface area contributed by atoms with E-state index in [0.717, 1.165) is 5.56 Å². The van der Waals surface area contributed by atoms with Crippen LogP contribution < -0.4 is 11.3 Å². The summed E-state index contributed by atoms with van der Waals surface area (Å²) >= 11 is 0. The number of benzene rings is 1. The zero-order chi connectivity index (χ0) is 11.7. The monoisotopic (exact) mass is 218 g/mol. The van der Waals surface area contributed by atoms with E-state index in [0.29, 0.717) is 5.69 Å². The summed E-state index contributed by atoms with van der Waals surface area (Å²) in [6.45, 7) is 1.83. The molecule has 0 amide bonds. The van der Waals surface area contributed by atoms with Crippen LogP contribution >= 0.6 is 0 Å². The highest BCUT2D eigenvalue weighted by molar-refractivity contribution is 5.46. The van der Waals surface area contributed by atoms with Crippen LogP contribution in [0.2, 0.25) is 0 Å². The van der Waals surface area contributed by atoms with Gasteiger partial charge < -0.3 is 5.73 Å². The summed E-state index contributed by atoms with van der Waals surface area (Å²) in [5.41, 5.74) is 6.59. The van der Waals surface area contributed by atoms with Crippen molar-refractivity contribution in [2.24, 2.45) is 0 Å². The lowest BCUT2D eigenvalue weighted by atomic mass is 10.2. The van der Waals surface area contributed by atoms with Crippen LogP contribution in [0.15, 0.2) is 41.3 Å². The minimum Gasteiger partial charge on any atom is -0.396 e. The van der Waals surface area contributed by atoms with Gasteiger partial charge >= 0.3 is 0 Å². The molecule has 0 aliphatic carbocycles. The second-order valence-electron chi connectivity index (χ2n) is 3.62. The van der Waals surface area contributed by atoms with Crippen molar-refractivity contribution in [2.75, 3.05) is 5.73 Å². The van der Waals surface area contributed by atoms with Crippen LogP contribution in [-0.4, -0.2) is 4.57 Å². The van der Waals surface area contributed by atoms with Gasteiger partial charge in [-0.15, -0.1) is 0 Å². The number of pyridine rings is 1. The summed E-state index contributed by atoms with van der Waals surface area (Å²) in [5, 5.41) is 0. The van der Waals surface area contributed by atoms with E-state index in [4.69, 9.17) is 5.73 Å². The first-order valence-corrected chi connectivity index (χ1v) is 4.82. The molecule has 1 aromatic heterocycles. The maximum absolute atomic E-state index is 13.2. The average molecular weight is 218 g/mol. The van der Waals surface area contributed by atoms with E-state index in [1.165, 1.54) is 22.8 Å². The van der Waals surface area contributed by atoms with E-state index in [-0.39, 0.29) is 11.2 Å². The SMILES string of the molecule is Cc1ccn(-c2ccc(N)c(F)c2)c(=O)c1. The maximum atomic E-state index is 13.2. The highest BCUT2D eigenvalue weighted by Gasteiger charge is 2.03. The van der Waals surface area contributed by atoms with Gasteiger partial charge in [0.25, 0.3) is 5.56 Å². The normalized spacial score (nSPS) is 10.4. The van der Waals surface area contributed by atoms with E-state index >= 15 is 0 Å². The van der Waals surface area contributed by atoms with Gasteiger partial charge in [0.1, 0.15) is 5.82 Å². The Balaban J connectivity index is 2.59. The number of hydrogen-bond donors (Lipinski definition) is 1. The number of halogens is 1. The van der Waals surface area contributed by atoms with Gasteiger partial charge in [-0.05, 0) is 30.7 Å². The molecule has 0 unspecified atom stereocenters. The van der Waals surface area contributed by atoms with Crippen molar-refractivity contribution in [3.05, 3.63) is 58.3 Å². The number of aromatic nitrogens is 1. The average Bonchev–Trinajstić information content (AvgIpc) is 2.22. The largest absolute Gasteiger partial charge is 0.396 e. The molecule has 0 bridgehead atoms. The quantitative estimate of drug-likeness (QED) is 0.743. The van der Waals surface area contributed by atoms with E-state index < -0.39 is 5.82 Å². The zero-order valence-electron chi connectivity index (χ0n) is 8.77. The van der Waals surface area contributed by atoms with Crippen LogP contribution in [0.5, 0.6) is 0 Å². The van der Waals surface area contributed by atoms with Crippen molar-refractivity contribution in [3.63, 3.8) is 0 Å². The fraction of sp³-hybridized carbons (Fsp3) is 0.0833. The summed E-state index contributed by atoms with van der Waals surface area (Å²) in [5.74, 6) is -0.523. The Morgan fingerprint density at radius 2 is 2.00 bits per heavy atom. The minimum atomic E-state index is -0.523. The summed E-state index contributed by atoms with van der Waals surface area (Å²) in [6.07, 6.45) is 1.61. The van der Waals surface area contributed by atoms with Crippen LogP contribution in [0.3, 0.4) is 0 Å². The van der Waals surface area contributed by atoms with E-state index in [1.54, 1.807) is 18.3 Å². The molecular formula is C12H11FN2O. The molecule has 3 nitrogen and oxygen atoms in total. The number of anilines is 1. The Hall–Kier alpha value is -2.10. The predicted molar refractivity (Wildman–Crippen MR) is 61.1 cm³/mol. The molecule has 0 saturated carbocycles. The number of nitrogen functional groups attached to an aromatic ring is 1. The summed E-state index contributed by atoms with van der Waals surface area (Å²) in [4.78, 5) is 11.6. The van der Waals surface area contributed by atoms with Gasteiger partial charge in [-0.3, -0.25) is 9.36 Å². The lowest BCUT2D eigenvalue weighted by Crippen LogP contribution is -2.16. The Labute approximate surface area is 92.0 Å². The van der Waals surface area contributed by atoms with Gasteiger partial charge in [0.05, 0.1) is 11.4 Å². The Morgan fingerprint density at radius 3 is 2.62 bits per heavy atom. The predicted octanol–water partition coefficient (Wildman–Crippen LogP) is 1.87. The van der Waals surface area contributed by atoms with Gasteiger partial charge in [0.2, 0.25) is 0 Å². The first-order valence-electron chi connectivity index (χ1n) is 4.82. The molecule has 0 aliphatic rings. The van der Waals surface area contributed by atoms with Crippen molar-refractivity contribution in [1.29, 1.82) is 0 Å². The van der Waals surface area contributed by atoms with Crippen molar-refractivity contribution in [3.8, 4) is 5.69 Å². The van der Waals surface area contributed by atoms with Crippen molar-refractivity contribution in [2.45, 2.75) is 6.92 Å². The van der Waals surface area contributed by atoms with Crippen LogP contribution in [0.25, 0.3) is 5.69 Å². The number of nitrogens with two attached hydrogens (primary N) is 1. The molecule has 2 rings (SSSR count). The molecule has 4 heteroatoms. The number of aryl methyl sites for hydroxylation is 1. The second-order valence-corrected chi connectivity index (χ2v) is 3.62. The number of hydrogen-bond acceptors (Lipinski definition) is 2. The number of nitrogens with zero attached hydrogens (tertiary/aromatic N) is 1. The van der Waals surface area contributed by atoms with Crippen LogP contribution in [-0.2, 0) is 0 Å². The third-order valence-electron chi connectivity index (χ3n) is 2.34. The van der Waals surface area contributed by atoms with E-state index in [1.807, 2.05) is 6.92 Å². The van der Waals surface area contributed by atoms with Crippen LogP contribution in [0, 0.1) is 12.7 Å². The maximum Gasteiger partial charge on any atom is 0.255 e. The second kappa shape index (κ2) is 3.81. The van der Waals surface area contributed by atoms with Gasteiger partial charge in [-0.2, -0.15) is 0 Å². The fourth-order valence-electron chi connectivity index (χ4n) is 1.46. The van der Waals surface area contributed by atoms with Crippen LogP contribution in [0.1, 0.15) is 5.56 Å². The molecule has 82 valence electrons. The van der Waals surface area contributed by atoms with Crippen molar-refractivity contribution >= 4 is 5.69 Å². The topological polar surface area (TPSA) is 48.0 Å². The summed E-state index contributed by atoms with van der Waals surface area (Å²) in [6, 6.07) is 7.57. The smallest absolute Gasteiger partial charge is 0.255 e. The molecule has 0 spiro atoms. The molecule has 0 aliphatic heterocycles. The van der Waals surface area contributed by atoms with Gasteiger partial charge in [0, 0.05) is 18.3 Å². The highest BCUT2D eigenvalue weighted by Crippen LogP contribution is 2.14. The van der Waals surface area contributed by atoms with Gasteiger partial charge in [0.15, 0.2) is 0 Å². The summed E-state index contributed by atoms with van der Waals surface area (Å²) in [7, 11) is 0. The molecule has 0 atom stereocenters. The Kier molecular flexibility index (Phi) is 2.48. The molecule has 0 saturated heterocycles. The van der Waals surface area contributed by atoms with Gasteiger partial charge in [-0.25, -0.2) is 4.39 Å². The third kappa shape index (κ3) is 1.82. The lowest BCUT2D eigenvalue weighted by molar-refractivity contribution is 0.631. The van der Waals surface area contributed by atoms with E-state index in [2.05, 4.69) is 0 Å². The zero-order valence-corrected chi connectivity index (χ0v) is 8.77. The van der Waals surface area contributed by atoms with Crippen LogP contribution in [0.4, 0.5) is 10.1 Å². The first-order chi connectivity index (χ1) is 7.58. The molecule has 0 fully saturated rings. The summed E-state index contributed by atoms with van der Waals surface area (Å²) < 4.78 is 14.6. The molecule has 1 aromatic carbocycles. The van der Waals surface area contributed by atoms with Crippen molar-refractivity contribution < 1.29 is 4.39 Å². The van der Waals surface area contributed by atoms with E-state index in [9.17, 15) is 9.18 Å². The molecular weight excluding hydrogens is 207 g/mol. The highest BCUT2D eigenvalue weighted by atomic mass is 19.1. The minimum absolute atomic E-state index is 0.0731. The van der Waals surface area contributed by atoms with Crippen molar-refractivity contribution in [1.82, 2.24) is 4.57 Å². The molecule has 0 radical (unpaired) electrons. The fourth-order valence-corrected chi connectivity index (χ4v) is 1.46. The third-order valence-corrected chi connectivity index (χ3v) is 2.34. The standard InChI is InChI=1S/C12H11FN2O/c1-8-4-5-15(12(16)6-8)9-2-3-11(14)10(13)7-9/h2-7H,14H2,1H3. The molecule has 16 heavy (non-hydrogen) atoms. The molecule has 2 aromatic rings. The van der Waals surface area contributed by atoms with Gasteiger partial charge in [-0.1, -0.05) is 0 Å².